The highest BCUT2D eigenvalue weighted by Crippen LogP contribution is 2.34. The minimum atomic E-state index is -1.57. The fourth-order valence-electron chi connectivity index (χ4n) is 2.81. The van der Waals surface area contributed by atoms with Crippen molar-refractivity contribution in [3.63, 3.8) is 0 Å². The first-order valence-corrected chi connectivity index (χ1v) is 12.4. The van der Waals surface area contributed by atoms with Gasteiger partial charge in [0.05, 0.1) is 11.9 Å². The first-order valence-electron chi connectivity index (χ1n) is 8.71. The van der Waals surface area contributed by atoms with E-state index in [4.69, 9.17) is 4.43 Å². The molecule has 1 aromatic heterocycles. The Morgan fingerprint density at radius 3 is 2.25 bits per heavy atom. The summed E-state index contributed by atoms with van der Waals surface area (Å²) in [6.45, 7) is 11.3. The lowest BCUT2D eigenvalue weighted by atomic mass is 9.97. The monoisotopic (exact) mass is 410 g/mol. The standard InChI is InChI=1S/C16H27BrOSi.C3H4N2/c1-6-19(7-2,8-3)18-16(4,5)15-11-9-10-14(12-15)13-17;1-2-5-3-4-1/h9-12H,6-8,13H2,1-5H3;1-3H,(H,4,5). The van der Waals surface area contributed by atoms with Crippen molar-refractivity contribution >= 4 is 24.2 Å². The van der Waals surface area contributed by atoms with Gasteiger partial charge in [-0.05, 0) is 43.1 Å². The highest BCUT2D eigenvalue weighted by Gasteiger charge is 2.36. The van der Waals surface area contributed by atoms with E-state index in [-0.39, 0.29) is 5.60 Å². The summed E-state index contributed by atoms with van der Waals surface area (Å²) in [6.07, 6.45) is 5.08. The Hall–Kier alpha value is -0.913. The number of halogens is 1. The molecular weight excluding hydrogens is 380 g/mol. The first kappa shape index (κ1) is 21.1. The van der Waals surface area contributed by atoms with Crippen LogP contribution in [0.4, 0.5) is 0 Å². The van der Waals surface area contributed by atoms with E-state index in [9.17, 15) is 0 Å². The second-order valence-electron chi connectivity index (χ2n) is 6.45. The third kappa shape index (κ3) is 6.19. The average molecular weight is 411 g/mol. The van der Waals surface area contributed by atoms with Gasteiger partial charge in [0, 0.05) is 17.7 Å². The number of imidazole rings is 1. The molecule has 24 heavy (non-hydrogen) atoms. The van der Waals surface area contributed by atoms with E-state index in [2.05, 4.69) is 84.8 Å². The van der Waals surface area contributed by atoms with Crippen LogP contribution in [0, 0.1) is 0 Å². The van der Waals surface area contributed by atoms with Crippen LogP contribution in [0.2, 0.25) is 18.1 Å². The molecule has 0 bridgehead atoms. The molecule has 0 saturated carbocycles. The van der Waals surface area contributed by atoms with Crippen LogP contribution in [-0.4, -0.2) is 18.3 Å². The van der Waals surface area contributed by atoms with Gasteiger partial charge in [-0.2, -0.15) is 0 Å². The van der Waals surface area contributed by atoms with Gasteiger partial charge in [-0.3, -0.25) is 0 Å². The van der Waals surface area contributed by atoms with Gasteiger partial charge >= 0.3 is 0 Å². The van der Waals surface area contributed by atoms with Gasteiger partial charge in [-0.1, -0.05) is 61.0 Å². The summed E-state index contributed by atoms with van der Waals surface area (Å²) in [5, 5.41) is 0.898. The van der Waals surface area contributed by atoms with Crippen molar-refractivity contribution in [1.29, 1.82) is 0 Å². The number of nitrogens with zero attached hydrogens (tertiary/aromatic N) is 1. The fourth-order valence-corrected chi connectivity index (χ4v) is 6.29. The van der Waals surface area contributed by atoms with Crippen molar-refractivity contribution in [3.8, 4) is 0 Å². The van der Waals surface area contributed by atoms with Crippen LogP contribution in [0.15, 0.2) is 43.0 Å². The molecule has 2 aromatic rings. The van der Waals surface area contributed by atoms with Gasteiger partial charge in [0.15, 0.2) is 8.32 Å². The third-order valence-electron chi connectivity index (χ3n) is 4.59. The predicted octanol–water partition coefficient (Wildman–Crippen LogP) is 6.25. The smallest absolute Gasteiger partial charge is 0.193 e. The lowest BCUT2D eigenvalue weighted by molar-refractivity contribution is 0.0940. The zero-order valence-electron chi connectivity index (χ0n) is 15.6. The van der Waals surface area contributed by atoms with E-state index in [0.717, 1.165) is 5.33 Å². The zero-order chi connectivity index (χ0) is 18.1. The third-order valence-corrected chi connectivity index (χ3v) is 10.0. The number of nitrogens with one attached hydrogen (secondary N) is 1. The van der Waals surface area contributed by atoms with Crippen molar-refractivity contribution in [1.82, 2.24) is 9.97 Å². The Labute approximate surface area is 156 Å². The molecule has 0 spiro atoms. The summed E-state index contributed by atoms with van der Waals surface area (Å²) in [4.78, 5) is 6.42. The normalized spacial score (nSPS) is 11.8. The van der Waals surface area contributed by atoms with Crippen molar-refractivity contribution < 1.29 is 4.43 Å². The fraction of sp³-hybridized carbons (Fsp3) is 0.526. The highest BCUT2D eigenvalue weighted by atomic mass is 79.9. The second kappa shape index (κ2) is 10.2. The van der Waals surface area contributed by atoms with E-state index < -0.39 is 8.32 Å². The summed E-state index contributed by atoms with van der Waals surface area (Å²) < 4.78 is 6.68. The molecule has 0 aliphatic heterocycles. The number of hydrogen-bond acceptors (Lipinski definition) is 2. The number of alkyl halides is 1. The molecule has 0 fully saturated rings. The summed E-state index contributed by atoms with van der Waals surface area (Å²) in [7, 11) is -1.57. The lowest BCUT2D eigenvalue weighted by Crippen LogP contribution is -2.43. The van der Waals surface area contributed by atoms with Crippen molar-refractivity contribution in [2.24, 2.45) is 0 Å². The Balaban J connectivity index is 0.000000488. The lowest BCUT2D eigenvalue weighted by Gasteiger charge is -2.38. The topological polar surface area (TPSA) is 37.9 Å². The summed E-state index contributed by atoms with van der Waals surface area (Å²) >= 11 is 3.53. The van der Waals surface area contributed by atoms with Crippen molar-refractivity contribution in [2.45, 2.75) is 63.7 Å². The van der Waals surface area contributed by atoms with Crippen molar-refractivity contribution in [3.05, 3.63) is 54.1 Å². The maximum atomic E-state index is 6.68. The van der Waals surface area contributed by atoms with Gasteiger partial charge < -0.3 is 9.41 Å². The molecule has 0 amide bonds. The minimum absolute atomic E-state index is 0.188. The Kier molecular flexibility index (Phi) is 8.95. The molecule has 0 saturated heterocycles. The van der Waals surface area contributed by atoms with E-state index in [1.165, 1.54) is 29.3 Å². The summed E-state index contributed by atoms with van der Waals surface area (Å²) in [5.41, 5.74) is 2.41. The van der Waals surface area contributed by atoms with Gasteiger partial charge in [0.1, 0.15) is 0 Å². The van der Waals surface area contributed by atoms with Crippen LogP contribution in [0.1, 0.15) is 45.7 Å². The Morgan fingerprint density at radius 1 is 1.17 bits per heavy atom. The molecule has 3 nitrogen and oxygen atoms in total. The molecule has 0 aliphatic rings. The molecule has 5 heteroatoms. The van der Waals surface area contributed by atoms with Crippen LogP contribution in [0.25, 0.3) is 0 Å². The molecule has 134 valence electrons. The number of benzene rings is 1. The maximum absolute atomic E-state index is 6.68. The number of rotatable bonds is 7. The molecule has 1 aromatic carbocycles. The van der Waals surface area contributed by atoms with Gasteiger partial charge in [-0.25, -0.2) is 4.98 Å². The van der Waals surface area contributed by atoms with E-state index in [1.54, 1.807) is 18.7 Å². The molecule has 1 N–H and O–H groups in total. The molecule has 0 aliphatic carbocycles. The van der Waals surface area contributed by atoms with Crippen LogP contribution in [0.5, 0.6) is 0 Å². The van der Waals surface area contributed by atoms with Crippen LogP contribution >= 0.6 is 15.9 Å². The number of aromatic amines is 1. The predicted molar refractivity (Wildman–Crippen MR) is 109 cm³/mol. The molecular formula is C19H31BrN2OSi. The first-order chi connectivity index (χ1) is 11.4. The number of H-pyrrole nitrogens is 1. The van der Waals surface area contributed by atoms with Crippen LogP contribution < -0.4 is 0 Å². The average Bonchev–Trinajstić information content (AvgIpc) is 3.20. The number of hydrogen-bond donors (Lipinski definition) is 1. The van der Waals surface area contributed by atoms with E-state index in [1.807, 2.05) is 0 Å². The largest absolute Gasteiger partial charge is 0.408 e. The Bertz CT molecular complexity index is 543. The maximum Gasteiger partial charge on any atom is 0.193 e. The van der Waals surface area contributed by atoms with Crippen molar-refractivity contribution in [2.75, 3.05) is 0 Å². The molecule has 1 heterocycles. The van der Waals surface area contributed by atoms with Gasteiger partial charge in [-0.15, -0.1) is 0 Å². The summed E-state index contributed by atoms with van der Waals surface area (Å²) in [5.74, 6) is 0. The second-order valence-corrected chi connectivity index (χ2v) is 11.7. The molecule has 2 rings (SSSR count). The minimum Gasteiger partial charge on any atom is -0.408 e. The quantitative estimate of drug-likeness (QED) is 0.432. The highest BCUT2D eigenvalue weighted by molar-refractivity contribution is 9.08. The van der Waals surface area contributed by atoms with Crippen LogP contribution in [0.3, 0.4) is 0 Å². The molecule has 0 atom stereocenters. The summed E-state index contributed by atoms with van der Waals surface area (Å²) in [6, 6.07) is 12.3. The molecule has 0 radical (unpaired) electrons. The van der Waals surface area contributed by atoms with Gasteiger partial charge in [0.2, 0.25) is 0 Å². The van der Waals surface area contributed by atoms with E-state index in [0.29, 0.717) is 0 Å². The number of aromatic nitrogens is 2. The SMILES string of the molecule is CC[Si](CC)(CC)OC(C)(C)c1cccc(CBr)c1.c1c[nH]cn1. The van der Waals surface area contributed by atoms with E-state index >= 15 is 0 Å². The Morgan fingerprint density at radius 2 is 1.83 bits per heavy atom. The molecule has 0 unspecified atom stereocenters. The zero-order valence-corrected chi connectivity index (χ0v) is 18.2. The van der Waals surface area contributed by atoms with Gasteiger partial charge in [0.25, 0.3) is 0 Å². The van der Waals surface area contributed by atoms with Crippen LogP contribution in [-0.2, 0) is 15.4 Å².